The van der Waals surface area contributed by atoms with Gasteiger partial charge in [0.05, 0.1) is 18.9 Å². The lowest BCUT2D eigenvalue weighted by Gasteiger charge is -2.09. The maximum Gasteiger partial charge on any atom is 0.275 e. The van der Waals surface area contributed by atoms with E-state index < -0.39 is 0 Å². The number of hydrogen-bond acceptors (Lipinski definition) is 3. The number of halogens is 1. The van der Waals surface area contributed by atoms with E-state index in [0.29, 0.717) is 16.3 Å². The summed E-state index contributed by atoms with van der Waals surface area (Å²) in [5.74, 6) is 0.167. The van der Waals surface area contributed by atoms with Crippen LogP contribution < -0.4 is 10.2 Å². The van der Waals surface area contributed by atoms with Gasteiger partial charge < -0.3 is 4.74 Å². The van der Waals surface area contributed by atoms with Gasteiger partial charge in [-0.1, -0.05) is 48.0 Å². The summed E-state index contributed by atoms with van der Waals surface area (Å²) in [4.78, 5) is 12.4. The van der Waals surface area contributed by atoms with Crippen LogP contribution in [0.1, 0.15) is 15.9 Å². The minimum absolute atomic E-state index is 0.337. The third-order valence-electron chi connectivity index (χ3n) is 3.54. The molecule has 0 fully saturated rings. The molecule has 0 spiro atoms. The van der Waals surface area contributed by atoms with E-state index in [1.807, 2.05) is 42.5 Å². The Morgan fingerprint density at radius 1 is 1.08 bits per heavy atom. The number of fused-ring (bicyclic) bond motifs is 1. The van der Waals surface area contributed by atoms with E-state index in [4.69, 9.17) is 16.3 Å². The topological polar surface area (TPSA) is 50.7 Å². The number of hydrazone groups is 1. The van der Waals surface area contributed by atoms with Crippen LogP contribution in [0.5, 0.6) is 5.75 Å². The summed E-state index contributed by atoms with van der Waals surface area (Å²) in [7, 11) is 1.54. The molecule has 0 unspecified atom stereocenters. The Morgan fingerprint density at radius 3 is 2.54 bits per heavy atom. The van der Waals surface area contributed by atoms with E-state index in [1.54, 1.807) is 18.2 Å². The van der Waals surface area contributed by atoms with E-state index in [0.717, 1.165) is 16.3 Å². The summed E-state index contributed by atoms with van der Waals surface area (Å²) in [6, 6.07) is 18.6. The Bertz CT molecular complexity index is 922. The molecule has 5 heteroatoms. The van der Waals surface area contributed by atoms with Gasteiger partial charge in [0.25, 0.3) is 5.91 Å². The first-order valence-electron chi connectivity index (χ1n) is 7.33. The van der Waals surface area contributed by atoms with Crippen molar-refractivity contribution in [3.05, 3.63) is 76.8 Å². The number of nitrogens with one attached hydrogen (secondary N) is 1. The molecule has 1 amide bonds. The van der Waals surface area contributed by atoms with Gasteiger partial charge in [-0.3, -0.25) is 4.79 Å². The smallest absolute Gasteiger partial charge is 0.275 e. The zero-order valence-electron chi connectivity index (χ0n) is 13.0. The van der Waals surface area contributed by atoms with Gasteiger partial charge in [0.2, 0.25) is 0 Å². The van der Waals surface area contributed by atoms with Crippen molar-refractivity contribution in [2.45, 2.75) is 0 Å². The Kier molecular flexibility index (Phi) is 4.77. The number of carbonyl (C=O) groups is 1. The van der Waals surface area contributed by atoms with Crippen LogP contribution in [0.4, 0.5) is 0 Å². The van der Waals surface area contributed by atoms with E-state index in [9.17, 15) is 4.79 Å². The molecule has 24 heavy (non-hydrogen) atoms. The summed E-state index contributed by atoms with van der Waals surface area (Å²) in [5, 5.41) is 6.56. The van der Waals surface area contributed by atoms with Crippen LogP contribution in [0, 0.1) is 0 Å². The number of hydrogen-bond donors (Lipinski definition) is 1. The third kappa shape index (κ3) is 3.55. The van der Waals surface area contributed by atoms with Crippen molar-refractivity contribution in [2.24, 2.45) is 5.10 Å². The van der Waals surface area contributed by atoms with Crippen LogP contribution >= 0.6 is 11.6 Å². The maximum atomic E-state index is 12.4. The molecule has 0 aliphatic heterocycles. The van der Waals surface area contributed by atoms with Crippen molar-refractivity contribution in [3.63, 3.8) is 0 Å². The standard InChI is InChI=1S/C19H15ClN2O2/c1-24-18-11-15-7-3-2-6-14(15)10-17(18)19(23)22-21-12-13-5-4-8-16(20)9-13/h2-12H,1H3,(H,22,23). The van der Waals surface area contributed by atoms with Crippen molar-refractivity contribution in [1.29, 1.82) is 0 Å². The Morgan fingerprint density at radius 2 is 1.83 bits per heavy atom. The summed E-state index contributed by atoms with van der Waals surface area (Å²) in [5.41, 5.74) is 3.74. The van der Waals surface area contributed by atoms with Gasteiger partial charge in [-0.05, 0) is 40.6 Å². The number of rotatable bonds is 4. The molecule has 0 aromatic heterocycles. The zero-order chi connectivity index (χ0) is 16.9. The lowest BCUT2D eigenvalue weighted by Crippen LogP contribution is -2.18. The van der Waals surface area contributed by atoms with Crippen LogP contribution in [0.2, 0.25) is 5.02 Å². The second kappa shape index (κ2) is 7.15. The molecule has 0 radical (unpaired) electrons. The highest BCUT2D eigenvalue weighted by Crippen LogP contribution is 2.25. The van der Waals surface area contributed by atoms with Gasteiger partial charge >= 0.3 is 0 Å². The molecule has 4 nitrogen and oxygen atoms in total. The molecule has 3 aromatic carbocycles. The van der Waals surface area contributed by atoms with Crippen LogP contribution in [-0.2, 0) is 0 Å². The molecule has 120 valence electrons. The van der Waals surface area contributed by atoms with E-state index in [1.165, 1.54) is 13.3 Å². The van der Waals surface area contributed by atoms with Crippen LogP contribution in [0.25, 0.3) is 10.8 Å². The molecule has 0 aliphatic carbocycles. The first kappa shape index (κ1) is 16.0. The summed E-state index contributed by atoms with van der Waals surface area (Å²) in [6.07, 6.45) is 1.54. The largest absolute Gasteiger partial charge is 0.496 e. The Balaban J connectivity index is 1.83. The minimum atomic E-state index is -0.337. The van der Waals surface area contributed by atoms with Gasteiger partial charge in [0.1, 0.15) is 5.75 Å². The van der Waals surface area contributed by atoms with E-state index in [-0.39, 0.29) is 5.91 Å². The van der Waals surface area contributed by atoms with Crippen molar-refractivity contribution in [3.8, 4) is 5.75 Å². The van der Waals surface area contributed by atoms with Crippen molar-refractivity contribution >= 4 is 34.5 Å². The van der Waals surface area contributed by atoms with Crippen LogP contribution in [0.3, 0.4) is 0 Å². The lowest BCUT2D eigenvalue weighted by atomic mass is 10.1. The van der Waals surface area contributed by atoms with Crippen molar-refractivity contribution in [2.75, 3.05) is 7.11 Å². The van der Waals surface area contributed by atoms with Crippen LogP contribution in [-0.4, -0.2) is 19.2 Å². The quantitative estimate of drug-likeness (QED) is 0.570. The number of amides is 1. The summed E-state index contributed by atoms with van der Waals surface area (Å²) in [6.45, 7) is 0. The first-order valence-corrected chi connectivity index (χ1v) is 7.71. The SMILES string of the molecule is COc1cc2ccccc2cc1C(=O)NN=Cc1cccc(Cl)c1. The highest BCUT2D eigenvalue weighted by atomic mass is 35.5. The molecule has 3 rings (SSSR count). The highest BCUT2D eigenvalue weighted by molar-refractivity contribution is 6.30. The van der Waals surface area contributed by atoms with Crippen LogP contribution in [0.15, 0.2) is 65.8 Å². The van der Waals surface area contributed by atoms with E-state index in [2.05, 4.69) is 10.5 Å². The molecular formula is C19H15ClN2O2. The Hall–Kier alpha value is -2.85. The molecule has 0 saturated heterocycles. The van der Waals surface area contributed by atoms with E-state index >= 15 is 0 Å². The normalized spacial score (nSPS) is 10.9. The number of carbonyl (C=O) groups excluding carboxylic acids is 1. The number of ether oxygens (including phenoxy) is 1. The van der Waals surface area contributed by atoms with Crippen molar-refractivity contribution < 1.29 is 9.53 Å². The van der Waals surface area contributed by atoms with Gasteiger partial charge in [-0.25, -0.2) is 5.43 Å². The average molecular weight is 339 g/mol. The second-order valence-electron chi connectivity index (χ2n) is 5.15. The monoisotopic (exact) mass is 338 g/mol. The van der Waals surface area contributed by atoms with Gasteiger partial charge in [-0.2, -0.15) is 5.10 Å². The molecule has 0 aliphatic rings. The molecule has 1 N–H and O–H groups in total. The summed E-state index contributed by atoms with van der Waals surface area (Å²) >= 11 is 5.91. The maximum absolute atomic E-state index is 12.4. The fourth-order valence-corrected chi connectivity index (χ4v) is 2.58. The highest BCUT2D eigenvalue weighted by Gasteiger charge is 2.13. The predicted molar refractivity (Wildman–Crippen MR) is 97.0 cm³/mol. The average Bonchev–Trinajstić information content (AvgIpc) is 2.60. The second-order valence-corrected chi connectivity index (χ2v) is 5.59. The fourth-order valence-electron chi connectivity index (χ4n) is 2.38. The van der Waals surface area contributed by atoms with Gasteiger partial charge in [-0.15, -0.1) is 0 Å². The first-order chi connectivity index (χ1) is 11.7. The number of benzene rings is 3. The van der Waals surface area contributed by atoms with Crippen molar-refractivity contribution in [1.82, 2.24) is 5.43 Å². The lowest BCUT2D eigenvalue weighted by molar-refractivity contribution is 0.0952. The minimum Gasteiger partial charge on any atom is -0.496 e. The number of methoxy groups -OCH3 is 1. The van der Waals surface area contributed by atoms with Gasteiger partial charge in [0.15, 0.2) is 0 Å². The molecule has 0 heterocycles. The zero-order valence-corrected chi connectivity index (χ0v) is 13.7. The third-order valence-corrected chi connectivity index (χ3v) is 3.78. The molecule has 3 aromatic rings. The Labute approximate surface area is 144 Å². The fraction of sp³-hybridized carbons (Fsp3) is 0.0526. The molecular weight excluding hydrogens is 324 g/mol. The predicted octanol–water partition coefficient (Wildman–Crippen LogP) is 4.27. The molecule has 0 saturated carbocycles. The molecule has 0 atom stereocenters. The van der Waals surface area contributed by atoms with Gasteiger partial charge in [0, 0.05) is 5.02 Å². The summed E-state index contributed by atoms with van der Waals surface area (Å²) < 4.78 is 5.32. The number of nitrogens with zero attached hydrogens (tertiary/aromatic N) is 1. The molecule has 0 bridgehead atoms.